The van der Waals surface area contributed by atoms with Crippen molar-refractivity contribution in [1.82, 2.24) is 4.90 Å². The zero-order valence-electron chi connectivity index (χ0n) is 11.3. The molecule has 0 bridgehead atoms. The van der Waals surface area contributed by atoms with Gasteiger partial charge in [-0.05, 0) is 32.6 Å². The van der Waals surface area contributed by atoms with E-state index in [1.165, 1.54) is 0 Å². The Balaban J connectivity index is 2.71. The number of amides is 1. The summed E-state index contributed by atoms with van der Waals surface area (Å²) in [6.07, 6.45) is 2.33. The molecule has 0 radical (unpaired) electrons. The maximum Gasteiger partial charge on any atom is 0.233 e. The number of ether oxygens (including phenoxy) is 1. The highest BCUT2D eigenvalue weighted by Crippen LogP contribution is 2.35. The van der Waals surface area contributed by atoms with E-state index in [0.717, 1.165) is 12.8 Å². The first-order valence-electron chi connectivity index (χ1n) is 6.29. The third-order valence-electron chi connectivity index (χ3n) is 3.54. The Morgan fingerprint density at radius 1 is 1.56 bits per heavy atom. The largest absolute Gasteiger partial charge is 0.409 e. The van der Waals surface area contributed by atoms with E-state index in [4.69, 9.17) is 15.7 Å². The minimum Gasteiger partial charge on any atom is -0.409 e. The van der Waals surface area contributed by atoms with Crippen molar-refractivity contribution in [1.29, 1.82) is 0 Å². The van der Waals surface area contributed by atoms with Gasteiger partial charge in [0.05, 0.1) is 12.5 Å². The van der Waals surface area contributed by atoms with Gasteiger partial charge in [-0.15, -0.1) is 0 Å². The van der Waals surface area contributed by atoms with Gasteiger partial charge in [0.2, 0.25) is 5.91 Å². The maximum absolute atomic E-state index is 12.3. The number of nitrogens with zero attached hydrogens (tertiary/aromatic N) is 2. The lowest BCUT2D eigenvalue weighted by Crippen LogP contribution is -2.47. The van der Waals surface area contributed by atoms with Gasteiger partial charge in [0.1, 0.15) is 0 Å². The van der Waals surface area contributed by atoms with Crippen LogP contribution in [-0.4, -0.2) is 48.2 Å². The molecule has 1 saturated carbocycles. The SMILES string of the molecule is COCCN(C(=O)C(C)C(N)=NO)C(C)C1CC1. The predicted octanol–water partition coefficient (Wildman–Crippen LogP) is 0.642. The van der Waals surface area contributed by atoms with Gasteiger partial charge in [-0.2, -0.15) is 0 Å². The first-order chi connectivity index (χ1) is 8.52. The van der Waals surface area contributed by atoms with E-state index in [1.54, 1.807) is 18.9 Å². The summed E-state index contributed by atoms with van der Waals surface area (Å²) in [5.41, 5.74) is 5.50. The van der Waals surface area contributed by atoms with Crippen LogP contribution in [0.4, 0.5) is 0 Å². The number of carbonyl (C=O) groups excluding carboxylic acids is 1. The van der Waals surface area contributed by atoms with Gasteiger partial charge >= 0.3 is 0 Å². The number of methoxy groups -OCH3 is 1. The third kappa shape index (κ3) is 3.60. The number of oxime groups is 1. The molecule has 6 heteroatoms. The van der Waals surface area contributed by atoms with Crippen molar-refractivity contribution in [2.45, 2.75) is 32.7 Å². The van der Waals surface area contributed by atoms with Crippen LogP contribution >= 0.6 is 0 Å². The molecule has 6 nitrogen and oxygen atoms in total. The van der Waals surface area contributed by atoms with Gasteiger partial charge in [0.15, 0.2) is 5.84 Å². The summed E-state index contributed by atoms with van der Waals surface area (Å²) in [5, 5.41) is 11.5. The number of hydrogen-bond acceptors (Lipinski definition) is 4. The first kappa shape index (κ1) is 14.8. The molecule has 1 rings (SSSR count). The Labute approximate surface area is 108 Å². The molecule has 2 atom stereocenters. The zero-order valence-corrected chi connectivity index (χ0v) is 11.3. The van der Waals surface area contributed by atoms with Crippen molar-refractivity contribution in [2.24, 2.45) is 22.7 Å². The fourth-order valence-electron chi connectivity index (χ4n) is 2.00. The third-order valence-corrected chi connectivity index (χ3v) is 3.54. The summed E-state index contributed by atoms with van der Waals surface area (Å²) in [5.74, 6) is -0.189. The van der Waals surface area contributed by atoms with Crippen LogP contribution in [0.15, 0.2) is 5.16 Å². The Morgan fingerprint density at radius 3 is 2.61 bits per heavy atom. The molecular weight excluding hydrogens is 234 g/mol. The van der Waals surface area contributed by atoms with Gasteiger partial charge in [0, 0.05) is 19.7 Å². The molecule has 0 aliphatic heterocycles. The van der Waals surface area contributed by atoms with Gasteiger partial charge < -0.3 is 20.6 Å². The average Bonchev–Trinajstić information content (AvgIpc) is 3.20. The highest BCUT2D eigenvalue weighted by atomic mass is 16.5. The molecule has 1 amide bonds. The molecule has 1 aliphatic carbocycles. The minimum atomic E-state index is -0.604. The van der Waals surface area contributed by atoms with E-state index in [-0.39, 0.29) is 17.8 Å². The van der Waals surface area contributed by atoms with Crippen LogP contribution in [0.2, 0.25) is 0 Å². The summed E-state index contributed by atoms with van der Waals surface area (Å²) in [6, 6.07) is 0.182. The van der Waals surface area contributed by atoms with Gasteiger partial charge in [-0.3, -0.25) is 4.79 Å². The molecule has 2 unspecified atom stereocenters. The second-order valence-corrected chi connectivity index (χ2v) is 4.85. The number of nitrogens with two attached hydrogens (primary N) is 1. The highest BCUT2D eigenvalue weighted by molar-refractivity contribution is 6.01. The molecule has 0 heterocycles. The lowest BCUT2D eigenvalue weighted by atomic mass is 10.1. The summed E-state index contributed by atoms with van der Waals surface area (Å²) < 4.78 is 5.03. The normalized spacial score (nSPS) is 19.4. The van der Waals surface area contributed by atoms with Crippen molar-refractivity contribution in [3.05, 3.63) is 0 Å². The quantitative estimate of drug-likeness (QED) is 0.303. The summed E-state index contributed by atoms with van der Waals surface area (Å²) in [7, 11) is 1.61. The molecule has 0 spiro atoms. The topological polar surface area (TPSA) is 88.2 Å². The summed E-state index contributed by atoms with van der Waals surface area (Å²) in [6.45, 7) is 4.72. The van der Waals surface area contributed by atoms with E-state index in [2.05, 4.69) is 5.16 Å². The molecule has 0 aromatic rings. The average molecular weight is 257 g/mol. The number of carbonyl (C=O) groups is 1. The lowest BCUT2D eigenvalue weighted by Gasteiger charge is -2.31. The Morgan fingerprint density at radius 2 is 2.17 bits per heavy atom. The Hall–Kier alpha value is -1.30. The lowest BCUT2D eigenvalue weighted by molar-refractivity contribution is -0.136. The van der Waals surface area contributed by atoms with Crippen molar-refractivity contribution in [2.75, 3.05) is 20.3 Å². The Kier molecular flexibility index (Phi) is 5.40. The minimum absolute atomic E-state index is 0.0505. The standard InChI is InChI=1S/C12H23N3O3/c1-8(11(13)14-17)12(16)15(6-7-18-3)9(2)10-4-5-10/h8-10,17H,4-7H2,1-3H3,(H2,13,14). The summed E-state index contributed by atoms with van der Waals surface area (Å²) in [4.78, 5) is 14.1. The summed E-state index contributed by atoms with van der Waals surface area (Å²) >= 11 is 0. The van der Waals surface area contributed by atoms with E-state index >= 15 is 0 Å². The second-order valence-electron chi connectivity index (χ2n) is 4.85. The van der Waals surface area contributed by atoms with Crippen LogP contribution in [0.3, 0.4) is 0 Å². The van der Waals surface area contributed by atoms with Crippen molar-refractivity contribution in [3.63, 3.8) is 0 Å². The van der Waals surface area contributed by atoms with Crippen LogP contribution in [-0.2, 0) is 9.53 Å². The molecule has 1 aliphatic rings. The molecular formula is C12H23N3O3. The van der Waals surface area contributed by atoms with Crippen LogP contribution in [0.25, 0.3) is 0 Å². The number of hydrogen-bond donors (Lipinski definition) is 2. The molecule has 0 saturated heterocycles. The van der Waals surface area contributed by atoms with Crippen molar-refractivity contribution < 1.29 is 14.7 Å². The monoisotopic (exact) mass is 257 g/mol. The fourth-order valence-corrected chi connectivity index (χ4v) is 2.00. The van der Waals surface area contributed by atoms with Gasteiger partial charge in [-0.1, -0.05) is 5.16 Å². The molecule has 104 valence electrons. The van der Waals surface area contributed by atoms with E-state index in [9.17, 15) is 4.79 Å². The van der Waals surface area contributed by atoms with Gasteiger partial charge in [-0.25, -0.2) is 0 Å². The fraction of sp³-hybridized carbons (Fsp3) is 0.833. The molecule has 1 fully saturated rings. The molecule has 3 N–H and O–H groups in total. The first-order valence-corrected chi connectivity index (χ1v) is 6.29. The second kappa shape index (κ2) is 6.58. The molecule has 0 aromatic heterocycles. The van der Waals surface area contributed by atoms with Crippen LogP contribution in [0, 0.1) is 11.8 Å². The number of rotatable bonds is 7. The van der Waals surface area contributed by atoms with Crippen molar-refractivity contribution in [3.8, 4) is 0 Å². The van der Waals surface area contributed by atoms with Crippen molar-refractivity contribution >= 4 is 11.7 Å². The van der Waals surface area contributed by atoms with Gasteiger partial charge in [0.25, 0.3) is 0 Å². The maximum atomic E-state index is 12.3. The molecule has 18 heavy (non-hydrogen) atoms. The number of amidine groups is 1. The van der Waals surface area contributed by atoms with E-state index in [1.807, 2.05) is 6.92 Å². The smallest absolute Gasteiger partial charge is 0.233 e. The van der Waals surface area contributed by atoms with E-state index < -0.39 is 5.92 Å². The van der Waals surface area contributed by atoms with E-state index in [0.29, 0.717) is 19.1 Å². The zero-order chi connectivity index (χ0) is 13.7. The predicted molar refractivity (Wildman–Crippen MR) is 68.3 cm³/mol. The van der Waals surface area contributed by atoms with Crippen LogP contribution in [0.1, 0.15) is 26.7 Å². The van der Waals surface area contributed by atoms with Crippen LogP contribution < -0.4 is 5.73 Å². The Bertz CT molecular complexity index is 316. The highest BCUT2D eigenvalue weighted by Gasteiger charge is 2.36. The van der Waals surface area contributed by atoms with Crippen LogP contribution in [0.5, 0.6) is 0 Å². The molecule has 0 aromatic carbocycles.